The molecule has 0 bridgehead atoms. The van der Waals surface area contributed by atoms with Crippen LogP contribution < -0.4 is 0 Å². The second-order valence-corrected chi connectivity index (χ2v) is 3.32. The lowest BCUT2D eigenvalue weighted by Gasteiger charge is -1.96. The van der Waals surface area contributed by atoms with Gasteiger partial charge in [0.1, 0.15) is 5.82 Å². The first kappa shape index (κ1) is 7.50. The Labute approximate surface area is 74.3 Å². The summed E-state index contributed by atoms with van der Waals surface area (Å²) >= 11 is 1.53. The van der Waals surface area contributed by atoms with Gasteiger partial charge in [0, 0.05) is 16.5 Å². The minimum absolute atomic E-state index is 0.278. The normalized spacial score (nSPS) is 10.1. The maximum absolute atomic E-state index is 13.1. The fourth-order valence-corrected chi connectivity index (χ4v) is 1.78. The smallest absolute Gasteiger partial charge is 0.139 e. The first-order valence-corrected chi connectivity index (χ1v) is 4.46. The Bertz CT molecular complexity index is 365. The second-order valence-electron chi connectivity index (χ2n) is 2.38. The molecule has 0 saturated carbocycles. The van der Waals surface area contributed by atoms with Gasteiger partial charge in [-0.2, -0.15) is 0 Å². The summed E-state index contributed by atoms with van der Waals surface area (Å²) in [6.07, 6.45) is 0. The molecule has 1 radical (unpaired) electrons. The molecule has 0 nitrogen and oxygen atoms in total. The molecule has 59 valence electrons. The lowest BCUT2D eigenvalue weighted by atomic mass is 10.2. The van der Waals surface area contributed by atoms with Gasteiger partial charge >= 0.3 is 0 Å². The van der Waals surface area contributed by atoms with Crippen LogP contribution in [0.5, 0.6) is 0 Å². The van der Waals surface area contributed by atoms with E-state index in [0.717, 1.165) is 4.88 Å². The Morgan fingerprint density at radius 3 is 2.83 bits per heavy atom. The molecule has 0 N–H and O–H groups in total. The van der Waals surface area contributed by atoms with Gasteiger partial charge in [-0.1, -0.05) is 24.3 Å². The molecule has 0 amide bonds. The molecular formula is C10H6FS. The van der Waals surface area contributed by atoms with E-state index in [1.54, 1.807) is 18.2 Å². The van der Waals surface area contributed by atoms with Gasteiger partial charge < -0.3 is 0 Å². The number of hydrogen-bond acceptors (Lipinski definition) is 1. The van der Waals surface area contributed by atoms with E-state index in [-0.39, 0.29) is 5.82 Å². The van der Waals surface area contributed by atoms with Crippen molar-refractivity contribution in [3.8, 4) is 10.4 Å². The third-order valence-corrected chi connectivity index (χ3v) is 2.50. The standard InChI is InChI=1S/C10H6FS/c11-9-5-2-1-4-8(9)10-6-3-7-12-10/h1-4,6-7H. The van der Waals surface area contributed by atoms with Crippen molar-refractivity contribution in [3.05, 3.63) is 47.6 Å². The van der Waals surface area contributed by atoms with Gasteiger partial charge in [0.2, 0.25) is 0 Å². The predicted molar refractivity (Wildman–Crippen MR) is 48.5 cm³/mol. The molecule has 1 aromatic heterocycles. The highest BCUT2D eigenvalue weighted by molar-refractivity contribution is 7.13. The predicted octanol–water partition coefficient (Wildman–Crippen LogP) is 3.35. The van der Waals surface area contributed by atoms with Gasteiger partial charge in [0.05, 0.1) is 0 Å². The van der Waals surface area contributed by atoms with Crippen molar-refractivity contribution in [1.82, 2.24) is 0 Å². The average molecular weight is 177 g/mol. The maximum atomic E-state index is 13.1. The zero-order chi connectivity index (χ0) is 8.39. The second kappa shape index (κ2) is 3.07. The van der Waals surface area contributed by atoms with Crippen molar-refractivity contribution in [2.75, 3.05) is 0 Å². The first-order chi connectivity index (χ1) is 5.88. The minimum Gasteiger partial charge on any atom is -0.206 e. The van der Waals surface area contributed by atoms with Crippen molar-refractivity contribution in [3.63, 3.8) is 0 Å². The zero-order valence-corrected chi connectivity index (χ0v) is 7.07. The summed E-state index contributed by atoms with van der Waals surface area (Å²) in [5, 5.41) is 1.93. The van der Waals surface area contributed by atoms with E-state index in [4.69, 9.17) is 0 Å². The fraction of sp³-hybridized carbons (Fsp3) is 0. The minimum atomic E-state index is -0.278. The van der Waals surface area contributed by atoms with Gasteiger partial charge in [-0.15, -0.1) is 11.3 Å². The topological polar surface area (TPSA) is 0 Å². The summed E-state index contributed by atoms with van der Waals surface area (Å²) in [6, 6.07) is 11.5. The third-order valence-electron chi connectivity index (χ3n) is 1.59. The summed E-state index contributed by atoms with van der Waals surface area (Å²) in [5.41, 5.74) is 0.632. The van der Waals surface area contributed by atoms with Crippen molar-refractivity contribution < 1.29 is 4.39 Å². The Morgan fingerprint density at radius 2 is 2.17 bits per heavy atom. The van der Waals surface area contributed by atoms with Crippen molar-refractivity contribution in [2.45, 2.75) is 0 Å². The zero-order valence-electron chi connectivity index (χ0n) is 6.25. The van der Waals surface area contributed by atoms with E-state index < -0.39 is 0 Å². The highest BCUT2D eigenvalue weighted by atomic mass is 32.1. The van der Waals surface area contributed by atoms with Crippen LogP contribution in [0.2, 0.25) is 0 Å². The van der Waals surface area contributed by atoms with Crippen LogP contribution in [-0.4, -0.2) is 0 Å². The Kier molecular flexibility index (Phi) is 1.92. The van der Waals surface area contributed by atoms with Gasteiger partial charge in [-0.05, 0) is 11.4 Å². The van der Waals surface area contributed by atoms with Crippen molar-refractivity contribution in [1.29, 1.82) is 0 Å². The molecule has 2 heteroatoms. The molecule has 2 rings (SSSR count). The highest BCUT2D eigenvalue weighted by Gasteiger charge is 2.03. The maximum Gasteiger partial charge on any atom is 0.139 e. The number of halogens is 1. The Hall–Kier alpha value is -1.15. The van der Waals surface area contributed by atoms with Crippen LogP contribution >= 0.6 is 11.3 Å². The van der Waals surface area contributed by atoms with E-state index in [0.29, 0.717) is 5.56 Å². The summed E-state index contributed by atoms with van der Waals surface area (Å²) < 4.78 is 13.1. The van der Waals surface area contributed by atoms with E-state index in [1.165, 1.54) is 11.3 Å². The van der Waals surface area contributed by atoms with E-state index in [9.17, 15) is 4.39 Å². The van der Waals surface area contributed by atoms with Gasteiger partial charge in [0.15, 0.2) is 0 Å². The highest BCUT2D eigenvalue weighted by Crippen LogP contribution is 2.26. The van der Waals surface area contributed by atoms with Gasteiger partial charge in [0.25, 0.3) is 0 Å². The molecule has 2 aromatic rings. The molecule has 0 aliphatic heterocycles. The van der Waals surface area contributed by atoms with Crippen LogP contribution in [-0.2, 0) is 0 Å². The number of thiophene rings is 1. The Morgan fingerprint density at radius 1 is 1.25 bits per heavy atom. The molecule has 0 unspecified atom stereocenters. The number of benzene rings is 1. The van der Waals surface area contributed by atoms with Crippen LogP contribution in [0.3, 0.4) is 0 Å². The van der Waals surface area contributed by atoms with Crippen LogP contribution in [0, 0.1) is 11.9 Å². The van der Waals surface area contributed by atoms with E-state index in [2.05, 4.69) is 6.07 Å². The summed E-state index contributed by atoms with van der Waals surface area (Å²) in [4.78, 5) is 0.948. The van der Waals surface area contributed by atoms with E-state index >= 15 is 0 Å². The molecule has 0 spiro atoms. The van der Waals surface area contributed by atoms with Crippen LogP contribution in [0.4, 0.5) is 4.39 Å². The molecule has 0 atom stereocenters. The molecule has 0 fully saturated rings. The fourth-order valence-electron chi connectivity index (χ4n) is 1.04. The average Bonchev–Trinajstić information content (AvgIpc) is 2.57. The van der Waals surface area contributed by atoms with Gasteiger partial charge in [-0.3, -0.25) is 0 Å². The molecule has 12 heavy (non-hydrogen) atoms. The molecule has 1 heterocycles. The SMILES string of the molecule is Fc1[c]cccc1-c1cccs1. The summed E-state index contributed by atoms with van der Waals surface area (Å²) in [7, 11) is 0. The molecule has 1 aromatic carbocycles. The van der Waals surface area contributed by atoms with Crippen LogP contribution in [0.1, 0.15) is 0 Å². The van der Waals surface area contributed by atoms with Gasteiger partial charge in [-0.25, -0.2) is 4.39 Å². The largest absolute Gasteiger partial charge is 0.206 e. The molecule has 0 saturated heterocycles. The number of hydrogen-bond donors (Lipinski definition) is 0. The quantitative estimate of drug-likeness (QED) is 0.626. The van der Waals surface area contributed by atoms with E-state index in [1.807, 2.05) is 17.5 Å². The lowest BCUT2D eigenvalue weighted by Crippen LogP contribution is -1.78. The Balaban J connectivity index is 2.55. The molecule has 0 aliphatic carbocycles. The van der Waals surface area contributed by atoms with Crippen LogP contribution in [0.15, 0.2) is 35.7 Å². The molecular weight excluding hydrogens is 171 g/mol. The van der Waals surface area contributed by atoms with Crippen LogP contribution in [0.25, 0.3) is 10.4 Å². The summed E-state index contributed by atoms with van der Waals surface area (Å²) in [6.45, 7) is 0. The van der Waals surface area contributed by atoms with Crippen molar-refractivity contribution in [2.24, 2.45) is 0 Å². The van der Waals surface area contributed by atoms with Crippen molar-refractivity contribution >= 4 is 11.3 Å². The lowest BCUT2D eigenvalue weighted by molar-refractivity contribution is 0.629. The first-order valence-electron chi connectivity index (χ1n) is 3.58. The summed E-state index contributed by atoms with van der Waals surface area (Å²) in [5.74, 6) is -0.278. The molecule has 0 aliphatic rings. The third kappa shape index (κ3) is 1.25. The number of rotatable bonds is 1. The monoisotopic (exact) mass is 177 g/mol.